The van der Waals surface area contributed by atoms with Crippen molar-refractivity contribution in [1.29, 1.82) is 0 Å². The van der Waals surface area contributed by atoms with E-state index in [1.807, 2.05) is 44.3 Å². The molecule has 6 N–H and O–H groups in total. The predicted octanol–water partition coefficient (Wildman–Crippen LogP) is 3.80. The Balaban J connectivity index is 0.910. The molecule has 8 heterocycles. The molecule has 3 aromatic heterocycles. The molecule has 13 nitrogen and oxygen atoms in total. The van der Waals surface area contributed by atoms with Gasteiger partial charge in [-0.15, -0.1) is 0 Å². The maximum Gasteiger partial charge on any atom is 0.341 e. The van der Waals surface area contributed by atoms with Crippen molar-refractivity contribution in [3.63, 3.8) is 0 Å². The number of ether oxygens (including phenoxy) is 3. The number of hydrogen-bond acceptors (Lipinski definition) is 12. The molecule has 53 heavy (non-hydrogen) atoms. The minimum Gasteiger partial charge on any atom is -0.507 e. The largest absolute Gasteiger partial charge is 0.507 e. The number of hydrogen-bond donors (Lipinski definition) is 4. The van der Waals surface area contributed by atoms with Gasteiger partial charge in [0.05, 0.1) is 17.5 Å². The van der Waals surface area contributed by atoms with Gasteiger partial charge < -0.3 is 35.2 Å². The lowest BCUT2D eigenvalue weighted by molar-refractivity contribution is -0.852. The smallest absolute Gasteiger partial charge is 0.341 e. The fraction of sp³-hybridized carbons (Fsp3) is 0.375. The number of nitrogen functional groups attached to an aromatic ring is 2. The number of benzene rings is 1. The van der Waals surface area contributed by atoms with E-state index >= 15 is 0 Å². The van der Waals surface area contributed by atoms with E-state index in [9.17, 15) is 14.7 Å². The molecular weight excluding hydrogens is 676 g/mol. The highest BCUT2D eigenvalue weighted by Crippen LogP contribution is 2.54. The van der Waals surface area contributed by atoms with E-state index in [4.69, 9.17) is 30.1 Å². The Morgan fingerprint density at radius 2 is 1.89 bits per heavy atom. The van der Waals surface area contributed by atoms with Crippen LogP contribution in [0.5, 0.6) is 11.5 Å². The van der Waals surface area contributed by atoms with Crippen molar-refractivity contribution in [2.45, 2.75) is 88.7 Å². The van der Waals surface area contributed by atoms with Crippen LogP contribution < -0.4 is 26.5 Å². The van der Waals surface area contributed by atoms with Crippen molar-refractivity contribution in [1.82, 2.24) is 9.97 Å². The topological polar surface area (TPSA) is 193 Å². The molecule has 0 bridgehead atoms. The lowest BCUT2D eigenvalue weighted by atomic mass is 9.76. The van der Waals surface area contributed by atoms with Gasteiger partial charge in [0.15, 0.2) is 11.0 Å². The van der Waals surface area contributed by atoms with Gasteiger partial charge in [0, 0.05) is 41.0 Å². The zero-order valence-electron chi connectivity index (χ0n) is 29.8. The maximum absolute atomic E-state index is 14.0. The van der Waals surface area contributed by atoms with E-state index < -0.39 is 29.2 Å². The molecular formula is C40H41N6O7+. The van der Waals surface area contributed by atoms with Gasteiger partial charge in [-0.3, -0.25) is 14.7 Å². The predicted molar refractivity (Wildman–Crippen MR) is 196 cm³/mol. The maximum atomic E-state index is 14.0. The fourth-order valence-corrected chi connectivity index (χ4v) is 8.71. The minimum absolute atomic E-state index is 0.0936. The number of aromatic hydroxyl groups is 1. The number of carbonyl (C=O) groups excluding carboxylic acids is 1. The summed E-state index contributed by atoms with van der Waals surface area (Å²) >= 11 is 0. The molecule has 13 heteroatoms. The van der Waals surface area contributed by atoms with E-state index in [0.717, 1.165) is 29.1 Å². The quantitative estimate of drug-likeness (QED) is 0.168. The summed E-state index contributed by atoms with van der Waals surface area (Å²) in [5, 5.41) is 11.5. The lowest BCUT2D eigenvalue weighted by Crippen LogP contribution is -3.04. The molecule has 1 spiro atoms. The number of aryl methyl sites for hydroxylation is 2. The summed E-state index contributed by atoms with van der Waals surface area (Å²) in [6.07, 6.45) is 7.81. The van der Waals surface area contributed by atoms with Crippen molar-refractivity contribution < 1.29 is 33.4 Å². The molecule has 9 rings (SSSR count). The van der Waals surface area contributed by atoms with Crippen molar-refractivity contribution in [2.75, 3.05) is 18.0 Å². The van der Waals surface area contributed by atoms with Gasteiger partial charge in [-0.2, -0.15) is 0 Å². The molecule has 0 aliphatic carbocycles. The number of phenols is 1. The normalized spacial score (nSPS) is 26.5. The molecule has 5 unspecified atom stereocenters. The number of epoxide rings is 1. The number of carbonyl (C=O) groups is 1. The standard InChI is InChI=1S/C40H40N6O7/c1-20-11-28(47)35-29(50-20)16-30-34(36(35)48)25-5-4-9-40(38(49)51-37(25)39(2,3)52-30)31(53-40)7-6-21-12-26(45-32(41)13-21)23-14-24(44-33(42)15-23)18-46-17-22-8-10-43-27(22)19-46/h8,10-16,19,25,31,37,48H,4-7,9,17-18H2,1-3H3,(H2,41,45)(H2,42,44)/p+1. The van der Waals surface area contributed by atoms with Crippen LogP contribution in [0.15, 0.2) is 74.1 Å². The number of pyridine rings is 2. The first-order valence-corrected chi connectivity index (χ1v) is 18.1. The third-order valence-corrected chi connectivity index (χ3v) is 11.1. The van der Waals surface area contributed by atoms with E-state index in [-0.39, 0.29) is 28.3 Å². The van der Waals surface area contributed by atoms with Gasteiger partial charge in [0.1, 0.15) is 76.6 Å². The molecule has 4 aromatic rings. The SMILES string of the molecule is Cc1cc(=O)c2c(O)c3c(cc2o1)OC(C)(C)C1OC(=O)C2(CCCC31)OC2CCc1cc(N)nc(-c2cc(N)nc(C[NH+]3C=C4N=CC=C4C3)c2)c1. The van der Waals surface area contributed by atoms with Gasteiger partial charge >= 0.3 is 5.97 Å². The van der Waals surface area contributed by atoms with E-state index in [0.29, 0.717) is 73.1 Å². The second-order valence-corrected chi connectivity index (χ2v) is 15.4. The molecule has 0 saturated carbocycles. The number of fused-ring (bicyclic) bond motifs is 5. The van der Waals surface area contributed by atoms with Crippen LogP contribution in [0.2, 0.25) is 0 Å². The van der Waals surface area contributed by atoms with Crippen molar-refractivity contribution in [3.8, 4) is 22.8 Å². The lowest BCUT2D eigenvalue weighted by Gasteiger charge is -2.45. The number of anilines is 2. The van der Waals surface area contributed by atoms with Crippen LogP contribution in [-0.2, 0) is 27.2 Å². The van der Waals surface area contributed by atoms with Gasteiger partial charge in [0.25, 0.3) is 0 Å². The summed E-state index contributed by atoms with van der Waals surface area (Å²) in [5.74, 6) is 0.625. The number of esters is 1. The molecule has 5 aliphatic rings. The van der Waals surface area contributed by atoms with Crippen LogP contribution in [0.4, 0.5) is 11.6 Å². The minimum atomic E-state index is -1.06. The third-order valence-electron chi connectivity index (χ3n) is 11.1. The van der Waals surface area contributed by atoms with Gasteiger partial charge in [-0.25, -0.2) is 14.8 Å². The molecule has 1 aromatic carbocycles. The van der Waals surface area contributed by atoms with Gasteiger partial charge in [-0.05, 0) is 88.8 Å². The summed E-state index contributed by atoms with van der Waals surface area (Å²) in [6.45, 7) is 6.92. The zero-order chi connectivity index (χ0) is 36.8. The summed E-state index contributed by atoms with van der Waals surface area (Å²) in [5.41, 5.74) is 16.5. The Bertz CT molecular complexity index is 2380. The van der Waals surface area contributed by atoms with Crippen molar-refractivity contribution in [2.24, 2.45) is 4.99 Å². The van der Waals surface area contributed by atoms with E-state index in [2.05, 4.69) is 21.2 Å². The van der Waals surface area contributed by atoms with Crippen LogP contribution in [0.3, 0.4) is 0 Å². The Kier molecular flexibility index (Phi) is 7.54. The second kappa shape index (κ2) is 12.0. The van der Waals surface area contributed by atoms with Crippen LogP contribution in [0.1, 0.15) is 68.0 Å². The summed E-state index contributed by atoms with van der Waals surface area (Å²) < 4.78 is 24.6. The molecule has 272 valence electrons. The Morgan fingerprint density at radius 1 is 1.06 bits per heavy atom. The van der Waals surface area contributed by atoms with Crippen LogP contribution in [-0.4, -0.2) is 57.2 Å². The number of phenolic OH excluding ortho intramolecular Hbond substituents is 1. The molecule has 5 aliphatic heterocycles. The van der Waals surface area contributed by atoms with Crippen LogP contribution in [0, 0.1) is 6.92 Å². The number of quaternary nitrogens is 1. The number of aliphatic imine (C=N–C) groups is 1. The average molecular weight is 718 g/mol. The molecule has 2 fully saturated rings. The number of nitrogens with zero attached hydrogens (tertiary/aromatic N) is 3. The molecule has 0 amide bonds. The van der Waals surface area contributed by atoms with Crippen LogP contribution in [0.25, 0.3) is 22.2 Å². The van der Waals surface area contributed by atoms with E-state index in [1.165, 1.54) is 16.5 Å². The number of nitrogens with one attached hydrogen (secondary N) is 1. The van der Waals surface area contributed by atoms with Gasteiger partial charge in [-0.1, -0.05) is 0 Å². The Labute approximate surface area is 305 Å². The summed E-state index contributed by atoms with van der Waals surface area (Å²) in [7, 11) is 0. The van der Waals surface area contributed by atoms with Crippen molar-refractivity contribution >= 4 is 34.8 Å². The molecule has 5 atom stereocenters. The highest BCUT2D eigenvalue weighted by Gasteiger charge is 2.65. The summed E-state index contributed by atoms with van der Waals surface area (Å²) in [4.78, 5) is 41.7. The first-order valence-electron chi connectivity index (χ1n) is 18.1. The fourth-order valence-electron chi connectivity index (χ4n) is 8.71. The highest BCUT2D eigenvalue weighted by molar-refractivity contribution is 5.88. The number of allylic oxidation sites excluding steroid dienone is 1. The average Bonchev–Trinajstić information content (AvgIpc) is 3.40. The van der Waals surface area contributed by atoms with Crippen LogP contribution >= 0.6 is 0 Å². The van der Waals surface area contributed by atoms with E-state index in [1.54, 1.807) is 19.1 Å². The first kappa shape index (κ1) is 33.3. The van der Waals surface area contributed by atoms with Gasteiger partial charge in [0.2, 0.25) is 0 Å². The Morgan fingerprint density at radius 3 is 2.72 bits per heavy atom. The zero-order valence-corrected chi connectivity index (χ0v) is 29.8. The Hall–Kier alpha value is -5.53. The highest BCUT2D eigenvalue weighted by atomic mass is 16.7. The number of aromatic nitrogens is 2. The number of rotatable bonds is 6. The molecule has 0 radical (unpaired) electrons. The molecule has 2 saturated heterocycles. The number of nitrogens with two attached hydrogens (primary N) is 2. The second-order valence-electron chi connectivity index (χ2n) is 15.4. The summed E-state index contributed by atoms with van der Waals surface area (Å²) in [6, 6.07) is 10.7. The van der Waals surface area contributed by atoms with Crippen molar-refractivity contribution in [3.05, 3.63) is 92.7 Å². The first-order chi connectivity index (χ1) is 25.4. The third kappa shape index (κ3) is 5.75. The monoisotopic (exact) mass is 717 g/mol.